The molecule has 1 N–H and O–H groups in total. The lowest BCUT2D eigenvalue weighted by molar-refractivity contribution is -0.120. The Balaban J connectivity index is 3.00. The van der Waals surface area contributed by atoms with E-state index in [-0.39, 0.29) is 17.4 Å². The van der Waals surface area contributed by atoms with Crippen molar-refractivity contribution in [3.8, 4) is 0 Å². The molecule has 5 nitrogen and oxygen atoms in total. The first-order valence-corrected chi connectivity index (χ1v) is 7.53. The second-order valence-electron chi connectivity index (χ2n) is 4.01. The minimum absolute atomic E-state index is 0.0875. The third-order valence-corrected chi connectivity index (χ3v) is 4.38. The summed E-state index contributed by atoms with van der Waals surface area (Å²) >= 11 is 2.63. The zero-order valence-electron chi connectivity index (χ0n) is 10.8. The van der Waals surface area contributed by atoms with Crippen LogP contribution in [0.15, 0.2) is 0 Å². The van der Waals surface area contributed by atoms with Crippen LogP contribution < -0.4 is 4.90 Å². The minimum Gasteiger partial charge on any atom is -0.478 e. The van der Waals surface area contributed by atoms with Gasteiger partial charge in [-0.25, -0.2) is 4.79 Å². The van der Waals surface area contributed by atoms with Crippen molar-refractivity contribution in [1.82, 2.24) is 4.37 Å². The Morgan fingerprint density at radius 3 is 2.67 bits per heavy atom. The van der Waals surface area contributed by atoms with E-state index in [4.69, 9.17) is 5.11 Å². The maximum absolute atomic E-state index is 12.1. The van der Waals surface area contributed by atoms with Gasteiger partial charge in [0.1, 0.15) is 10.6 Å². The molecule has 7 heteroatoms. The monoisotopic (exact) mass is 288 g/mol. The van der Waals surface area contributed by atoms with Crippen molar-refractivity contribution in [3.05, 3.63) is 11.3 Å². The fraction of sp³-hybridized carbons (Fsp3) is 0.545. The van der Waals surface area contributed by atoms with Gasteiger partial charge in [-0.1, -0.05) is 6.92 Å². The molecule has 1 aromatic heterocycles. The molecule has 0 bridgehead atoms. The number of carbonyl (C=O) groups is 2. The third-order valence-electron chi connectivity index (χ3n) is 2.53. The Labute approximate surface area is 114 Å². The number of carbonyl (C=O) groups excluding carboxylic acids is 1. The summed E-state index contributed by atoms with van der Waals surface area (Å²) in [7, 11) is 1.60. The van der Waals surface area contributed by atoms with E-state index in [1.165, 1.54) is 4.90 Å². The molecule has 1 unspecified atom stereocenters. The Morgan fingerprint density at radius 1 is 1.56 bits per heavy atom. The molecule has 18 heavy (non-hydrogen) atoms. The molecule has 100 valence electrons. The molecular weight excluding hydrogens is 272 g/mol. The molecule has 0 aliphatic carbocycles. The summed E-state index contributed by atoms with van der Waals surface area (Å²) in [6.07, 6.45) is 1.93. The van der Waals surface area contributed by atoms with Crippen molar-refractivity contribution in [3.63, 3.8) is 0 Å². The summed E-state index contributed by atoms with van der Waals surface area (Å²) in [6.45, 7) is 3.47. The largest absolute Gasteiger partial charge is 0.478 e. The molecule has 1 amide bonds. The number of nitrogens with zero attached hydrogens (tertiary/aromatic N) is 2. The Bertz CT molecular complexity index is 459. The van der Waals surface area contributed by atoms with E-state index in [0.717, 1.165) is 11.5 Å². The van der Waals surface area contributed by atoms with Gasteiger partial charge in [0.2, 0.25) is 5.91 Å². The second-order valence-corrected chi connectivity index (χ2v) is 5.67. The molecule has 1 heterocycles. The highest BCUT2D eigenvalue weighted by molar-refractivity contribution is 7.98. The van der Waals surface area contributed by atoms with Crippen LogP contribution in [0.1, 0.15) is 23.0 Å². The molecule has 1 rings (SSSR count). The fourth-order valence-corrected chi connectivity index (χ4v) is 3.08. The highest BCUT2D eigenvalue weighted by Gasteiger charge is 2.26. The number of aryl methyl sites for hydroxylation is 1. The molecule has 0 spiro atoms. The summed E-state index contributed by atoms with van der Waals surface area (Å²) < 4.78 is 4.01. The van der Waals surface area contributed by atoms with Gasteiger partial charge in [-0.05, 0) is 24.7 Å². The fourth-order valence-electron chi connectivity index (χ4n) is 1.58. The van der Waals surface area contributed by atoms with Gasteiger partial charge in [0.25, 0.3) is 0 Å². The lowest BCUT2D eigenvalue weighted by Crippen LogP contribution is -2.33. The molecule has 0 aromatic carbocycles. The van der Waals surface area contributed by atoms with E-state index >= 15 is 0 Å². The predicted molar refractivity (Wildman–Crippen MR) is 74.8 cm³/mol. The molecular formula is C11H16N2O3S2. The standard InChI is InChI=1S/C11H16N2O3S2/c1-6(5-17-4)9(14)13(3)10-8(11(15)16)7(2)12-18-10/h6H,5H2,1-4H3,(H,15,16). The highest BCUT2D eigenvalue weighted by atomic mass is 32.2. The number of amides is 1. The van der Waals surface area contributed by atoms with Gasteiger partial charge < -0.3 is 10.0 Å². The molecule has 0 saturated carbocycles. The maximum atomic E-state index is 12.1. The van der Waals surface area contributed by atoms with Crippen molar-refractivity contribution >= 4 is 40.2 Å². The van der Waals surface area contributed by atoms with Crippen molar-refractivity contribution in [1.29, 1.82) is 0 Å². The van der Waals surface area contributed by atoms with Crippen LogP contribution in [0.3, 0.4) is 0 Å². The number of carboxylic acids is 1. The van der Waals surface area contributed by atoms with Crippen LogP contribution in [0.2, 0.25) is 0 Å². The average molecular weight is 288 g/mol. The topological polar surface area (TPSA) is 70.5 Å². The van der Waals surface area contributed by atoms with E-state index in [1.54, 1.807) is 25.7 Å². The van der Waals surface area contributed by atoms with Gasteiger partial charge in [0.15, 0.2) is 0 Å². The molecule has 0 aliphatic rings. The lowest BCUT2D eigenvalue weighted by atomic mass is 10.2. The van der Waals surface area contributed by atoms with Gasteiger partial charge in [-0.15, -0.1) is 0 Å². The van der Waals surface area contributed by atoms with Crippen LogP contribution in [0, 0.1) is 12.8 Å². The van der Waals surface area contributed by atoms with Crippen molar-refractivity contribution in [2.24, 2.45) is 5.92 Å². The van der Waals surface area contributed by atoms with Crippen LogP contribution in [0.5, 0.6) is 0 Å². The quantitative estimate of drug-likeness (QED) is 0.898. The minimum atomic E-state index is -1.05. The summed E-state index contributed by atoms with van der Waals surface area (Å²) in [5, 5.41) is 9.53. The number of carboxylic acid groups (broad SMARTS) is 1. The van der Waals surface area contributed by atoms with Gasteiger partial charge in [-0.2, -0.15) is 16.1 Å². The van der Waals surface area contributed by atoms with Crippen LogP contribution in [0.4, 0.5) is 5.00 Å². The number of rotatable bonds is 5. The Morgan fingerprint density at radius 2 is 2.17 bits per heavy atom. The maximum Gasteiger partial charge on any atom is 0.340 e. The molecule has 1 atom stereocenters. The second kappa shape index (κ2) is 6.19. The number of hydrogen-bond donors (Lipinski definition) is 1. The lowest BCUT2D eigenvalue weighted by Gasteiger charge is -2.19. The number of thioether (sulfide) groups is 1. The Hall–Kier alpha value is -1.08. The predicted octanol–water partition coefficient (Wildman–Crippen LogP) is 2.11. The number of aromatic carboxylic acids is 1. The first-order chi connectivity index (χ1) is 8.40. The summed E-state index contributed by atoms with van der Waals surface area (Å²) in [6, 6.07) is 0. The van der Waals surface area contributed by atoms with Gasteiger partial charge in [0, 0.05) is 18.7 Å². The highest BCUT2D eigenvalue weighted by Crippen LogP contribution is 2.29. The van der Waals surface area contributed by atoms with Crippen molar-refractivity contribution in [2.75, 3.05) is 24.0 Å². The van der Waals surface area contributed by atoms with Crippen LogP contribution in [0.25, 0.3) is 0 Å². The van der Waals surface area contributed by atoms with Gasteiger partial charge in [0.05, 0.1) is 5.69 Å². The number of anilines is 1. The van der Waals surface area contributed by atoms with Crippen molar-refractivity contribution in [2.45, 2.75) is 13.8 Å². The van der Waals surface area contributed by atoms with E-state index in [9.17, 15) is 9.59 Å². The summed E-state index contributed by atoms with van der Waals surface area (Å²) in [4.78, 5) is 24.7. The van der Waals surface area contributed by atoms with E-state index in [0.29, 0.717) is 16.4 Å². The zero-order valence-corrected chi connectivity index (χ0v) is 12.4. The van der Waals surface area contributed by atoms with Crippen LogP contribution in [-0.4, -0.2) is 40.4 Å². The zero-order chi connectivity index (χ0) is 13.9. The Kier molecular flexibility index (Phi) is 5.15. The molecule has 0 aliphatic heterocycles. The SMILES string of the molecule is CSCC(C)C(=O)N(C)c1snc(C)c1C(=O)O. The third kappa shape index (κ3) is 3.02. The van der Waals surface area contributed by atoms with E-state index in [2.05, 4.69) is 4.37 Å². The summed E-state index contributed by atoms with van der Waals surface area (Å²) in [5.41, 5.74) is 0.562. The number of aromatic nitrogens is 1. The number of hydrogen-bond acceptors (Lipinski definition) is 5. The van der Waals surface area contributed by atoms with Crippen LogP contribution in [-0.2, 0) is 4.79 Å². The molecule has 0 fully saturated rings. The summed E-state index contributed by atoms with van der Waals surface area (Å²) in [5.74, 6) is -0.568. The van der Waals surface area contributed by atoms with Gasteiger partial charge >= 0.3 is 5.97 Å². The first kappa shape index (κ1) is 15.0. The normalized spacial score (nSPS) is 12.2. The average Bonchev–Trinajstić information content (AvgIpc) is 2.69. The van der Waals surface area contributed by atoms with E-state index < -0.39 is 5.97 Å². The van der Waals surface area contributed by atoms with E-state index in [1.807, 2.05) is 13.2 Å². The first-order valence-electron chi connectivity index (χ1n) is 5.36. The smallest absolute Gasteiger partial charge is 0.340 e. The van der Waals surface area contributed by atoms with Crippen molar-refractivity contribution < 1.29 is 14.7 Å². The molecule has 0 saturated heterocycles. The van der Waals surface area contributed by atoms with Crippen LogP contribution >= 0.6 is 23.3 Å². The molecule has 1 aromatic rings. The molecule has 0 radical (unpaired) electrons. The van der Waals surface area contributed by atoms with Gasteiger partial charge in [-0.3, -0.25) is 4.79 Å².